The highest BCUT2D eigenvalue weighted by atomic mass is 19.4. The number of hydrogen-bond donors (Lipinski definition) is 1. The van der Waals surface area contributed by atoms with Gasteiger partial charge in [0.2, 0.25) is 0 Å². The normalized spacial score (nSPS) is 22.0. The van der Waals surface area contributed by atoms with Gasteiger partial charge in [-0.2, -0.15) is 13.2 Å². The van der Waals surface area contributed by atoms with Crippen LogP contribution in [0.5, 0.6) is 0 Å². The van der Waals surface area contributed by atoms with Crippen LogP contribution in [0.3, 0.4) is 0 Å². The quantitative estimate of drug-likeness (QED) is 0.864. The fourth-order valence-corrected chi connectivity index (χ4v) is 2.06. The maximum atomic E-state index is 12.3. The molecule has 0 aliphatic carbocycles. The molecule has 2 rings (SSSR count). The van der Waals surface area contributed by atoms with Crippen molar-refractivity contribution in [2.45, 2.75) is 25.2 Å². The summed E-state index contributed by atoms with van der Waals surface area (Å²) in [4.78, 5) is 2.16. The molecule has 94 valence electrons. The Morgan fingerprint density at radius 3 is 2.35 bits per heavy atom. The van der Waals surface area contributed by atoms with Crippen LogP contribution in [-0.4, -0.2) is 24.0 Å². The van der Waals surface area contributed by atoms with Crippen molar-refractivity contribution < 1.29 is 13.2 Å². The Kier molecular flexibility index (Phi) is 3.40. The number of benzene rings is 1. The zero-order valence-electron chi connectivity index (χ0n) is 9.37. The second-order valence-corrected chi connectivity index (χ2v) is 4.48. The molecule has 0 spiro atoms. The topological polar surface area (TPSA) is 29.3 Å². The summed E-state index contributed by atoms with van der Waals surface area (Å²) >= 11 is 0. The predicted octanol–water partition coefficient (Wildman–Crippen LogP) is 2.24. The van der Waals surface area contributed by atoms with Crippen LogP contribution in [0.1, 0.15) is 17.5 Å². The van der Waals surface area contributed by atoms with Crippen LogP contribution in [0.25, 0.3) is 0 Å². The summed E-state index contributed by atoms with van der Waals surface area (Å²) in [6.45, 7) is 2.41. The molecular formula is C12H15F3N2. The lowest BCUT2D eigenvalue weighted by Gasteiger charge is -2.15. The van der Waals surface area contributed by atoms with E-state index in [1.165, 1.54) is 12.1 Å². The Balaban J connectivity index is 1.99. The van der Waals surface area contributed by atoms with Gasteiger partial charge in [-0.25, -0.2) is 0 Å². The van der Waals surface area contributed by atoms with Gasteiger partial charge in [-0.05, 0) is 24.1 Å². The van der Waals surface area contributed by atoms with Gasteiger partial charge in [0, 0.05) is 25.7 Å². The fraction of sp³-hybridized carbons (Fsp3) is 0.500. The third-order valence-electron chi connectivity index (χ3n) is 3.00. The number of rotatable bonds is 2. The molecule has 1 aromatic rings. The zero-order chi connectivity index (χ0) is 12.5. The second kappa shape index (κ2) is 4.66. The second-order valence-electron chi connectivity index (χ2n) is 4.48. The molecule has 2 N–H and O–H groups in total. The maximum Gasteiger partial charge on any atom is 0.416 e. The number of alkyl halides is 3. The van der Waals surface area contributed by atoms with Gasteiger partial charge in [-0.15, -0.1) is 0 Å². The highest BCUT2D eigenvalue weighted by Gasteiger charge is 2.30. The van der Waals surface area contributed by atoms with Crippen molar-refractivity contribution in [1.82, 2.24) is 4.90 Å². The molecule has 0 amide bonds. The molecule has 1 aromatic carbocycles. The largest absolute Gasteiger partial charge is 0.416 e. The smallest absolute Gasteiger partial charge is 0.326 e. The molecule has 1 unspecified atom stereocenters. The summed E-state index contributed by atoms with van der Waals surface area (Å²) < 4.78 is 37.0. The third kappa shape index (κ3) is 3.20. The van der Waals surface area contributed by atoms with Gasteiger partial charge in [-0.3, -0.25) is 4.90 Å². The Morgan fingerprint density at radius 1 is 1.24 bits per heavy atom. The first-order valence-electron chi connectivity index (χ1n) is 5.59. The van der Waals surface area contributed by atoms with Gasteiger partial charge in [0.1, 0.15) is 0 Å². The molecule has 0 radical (unpaired) electrons. The van der Waals surface area contributed by atoms with E-state index in [2.05, 4.69) is 4.90 Å². The molecule has 1 saturated heterocycles. The molecule has 0 saturated carbocycles. The number of nitrogens with two attached hydrogens (primary N) is 1. The summed E-state index contributed by atoms with van der Waals surface area (Å²) in [6.07, 6.45) is -3.30. The molecule has 17 heavy (non-hydrogen) atoms. The van der Waals surface area contributed by atoms with Crippen LogP contribution in [0.15, 0.2) is 24.3 Å². The van der Waals surface area contributed by atoms with Crippen molar-refractivity contribution >= 4 is 0 Å². The lowest BCUT2D eigenvalue weighted by atomic mass is 10.1. The van der Waals surface area contributed by atoms with Crippen LogP contribution in [0, 0.1) is 0 Å². The SMILES string of the molecule is NC1CCN(Cc2ccc(C(F)(F)F)cc2)C1. The maximum absolute atomic E-state index is 12.3. The summed E-state index contributed by atoms with van der Waals surface area (Å²) in [6, 6.07) is 5.53. The molecule has 1 aliphatic heterocycles. The molecule has 1 aliphatic rings. The molecule has 1 fully saturated rings. The Morgan fingerprint density at radius 2 is 1.88 bits per heavy atom. The Labute approximate surface area is 98.2 Å². The minimum atomic E-state index is -4.26. The van der Waals surface area contributed by atoms with Crippen LogP contribution >= 0.6 is 0 Å². The summed E-state index contributed by atoms with van der Waals surface area (Å²) in [7, 11) is 0. The van der Waals surface area contributed by atoms with Crippen LogP contribution < -0.4 is 5.73 Å². The third-order valence-corrected chi connectivity index (χ3v) is 3.00. The van der Waals surface area contributed by atoms with Crippen molar-refractivity contribution in [2.75, 3.05) is 13.1 Å². The molecule has 0 aromatic heterocycles. The minimum Gasteiger partial charge on any atom is -0.326 e. The van der Waals surface area contributed by atoms with Crippen molar-refractivity contribution in [3.63, 3.8) is 0 Å². The predicted molar refractivity (Wildman–Crippen MR) is 59.3 cm³/mol. The van der Waals surface area contributed by atoms with Crippen LogP contribution in [-0.2, 0) is 12.7 Å². The van der Waals surface area contributed by atoms with Gasteiger partial charge in [0.25, 0.3) is 0 Å². The fourth-order valence-electron chi connectivity index (χ4n) is 2.06. The lowest BCUT2D eigenvalue weighted by Crippen LogP contribution is -2.26. The number of halogens is 3. The monoisotopic (exact) mass is 244 g/mol. The van der Waals surface area contributed by atoms with Gasteiger partial charge >= 0.3 is 6.18 Å². The van der Waals surface area contributed by atoms with Crippen molar-refractivity contribution in [3.8, 4) is 0 Å². The molecular weight excluding hydrogens is 229 g/mol. The molecule has 2 nitrogen and oxygen atoms in total. The average molecular weight is 244 g/mol. The Bertz CT molecular complexity index is 372. The van der Waals surface area contributed by atoms with E-state index in [4.69, 9.17) is 5.73 Å². The first-order chi connectivity index (χ1) is 7.95. The summed E-state index contributed by atoms with van der Waals surface area (Å²) in [5.74, 6) is 0. The standard InChI is InChI=1S/C12H15F3N2/c13-12(14,15)10-3-1-9(2-4-10)7-17-6-5-11(16)8-17/h1-4,11H,5-8,16H2. The van der Waals surface area contributed by atoms with Crippen molar-refractivity contribution in [3.05, 3.63) is 35.4 Å². The van der Waals surface area contributed by atoms with E-state index >= 15 is 0 Å². The van der Waals surface area contributed by atoms with Gasteiger partial charge in [0.15, 0.2) is 0 Å². The van der Waals surface area contributed by atoms with Crippen molar-refractivity contribution in [1.29, 1.82) is 0 Å². The lowest BCUT2D eigenvalue weighted by molar-refractivity contribution is -0.137. The first kappa shape index (κ1) is 12.4. The summed E-state index contributed by atoms with van der Waals surface area (Å²) in [5.41, 5.74) is 6.07. The number of likely N-dealkylation sites (tertiary alicyclic amines) is 1. The van der Waals surface area contributed by atoms with Crippen LogP contribution in [0.2, 0.25) is 0 Å². The van der Waals surface area contributed by atoms with Crippen LogP contribution in [0.4, 0.5) is 13.2 Å². The van der Waals surface area contributed by atoms with E-state index in [0.29, 0.717) is 6.54 Å². The molecule has 1 heterocycles. The van der Waals surface area contributed by atoms with E-state index in [9.17, 15) is 13.2 Å². The van der Waals surface area contributed by atoms with Crippen molar-refractivity contribution in [2.24, 2.45) is 5.73 Å². The van der Waals surface area contributed by atoms with Gasteiger partial charge in [-0.1, -0.05) is 12.1 Å². The van der Waals surface area contributed by atoms with E-state index < -0.39 is 11.7 Å². The highest BCUT2D eigenvalue weighted by molar-refractivity contribution is 5.24. The van der Waals surface area contributed by atoms with Gasteiger partial charge < -0.3 is 5.73 Å². The number of hydrogen-bond acceptors (Lipinski definition) is 2. The van der Waals surface area contributed by atoms with E-state index in [1.807, 2.05) is 0 Å². The van der Waals surface area contributed by atoms with E-state index in [-0.39, 0.29) is 6.04 Å². The van der Waals surface area contributed by atoms with Gasteiger partial charge in [0.05, 0.1) is 5.56 Å². The first-order valence-corrected chi connectivity index (χ1v) is 5.59. The van der Waals surface area contributed by atoms with E-state index in [0.717, 1.165) is 37.2 Å². The molecule has 1 atom stereocenters. The highest BCUT2D eigenvalue weighted by Crippen LogP contribution is 2.29. The average Bonchev–Trinajstić information content (AvgIpc) is 2.63. The Hall–Kier alpha value is -1.07. The summed E-state index contributed by atoms with van der Waals surface area (Å²) in [5, 5.41) is 0. The minimum absolute atomic E-state index is 0.199. The molecule has 5 heteroatoms. The number of nitrogens with zero attached hydrogens (tertiary/aromatic N) is 1. The zero-order valence-corrected chi connectivity index (χ0v) is 9.37. The molecule has 0 bridgehead atoms. The van der Waals surface area contributed by atoms with E-state index in [1.54, 1.807) is 0 Å².